The number of amides is 1. The molecule has 2 fully saturated rings. The van der Waals surface area contributed by atoms with Crippen molar-refractivity contribution >= 4 is 46.3 Å². The summed E-state index contributed by atoms with van der Waals surface area (Å²) in [4.78, 5) is 25.3. The number of imidazole rings is 1. The molecule has 1 amide bonds. The number of halogens is 2. The summed E-state index contributed by atoms with van der Waals surface area (Å²) < 4.78 is 21.8. The van der Waals surface area contributed by atoms with Gasteiger partial charge >= 0.3 is 0 Å². The van der Waals surface area contributed by atoms with Crippen LogP contribution >= 0.6 is 11.6 Å². The molecule has 3 aromatic rings. The van der Waals surface area contributed by atoms with Gasteiger partial charge in [-0.25, -0.2) is 14.4 Å². The summed E-state index contributed by atoms with van der Waals surface area (Å²) in [5.74, 6) is -0.310. The van der Waals surface area contributed by atoms with Crippen LogP contribution in [0.3, 0.4) is 0 Å². The predicted octanol–water partition coefficient (Wildman–Crippen LogP) is 2.75. The van der Waals surface area contributed by atoms with Crippen LogP contribution in [-0.4, -0.2) is 55.9 Å². The second-order valence-corrected chi connectivity index (χ2v) is 9.10. The zero-order valence-corrected chi connectivity index (χ0v) is 19.0. The molecule has 2 atom stereocenters. The Bertz CT molecular complexity index is 1210. The number of nitrogens with zero attached hydrogens (tertiary/aromatic N) is 4. The molecule has 1 aliphatic heterocycles. The maximum Gasteiger partial charge on any atom is 0.225 e. The molecule has 0 bridgehead atoms. The van der Waals surface area contributed by atoms with Crippen LogP contribution < -0.4 is 16.4 Å². The Morgan fingerprint density at radius 3 is 2.74 bits per heavy atom. The molecule has 1 aromatic carbocycles. The number of ether oxygens (including phenoxy) is 1. The Labute approximate surface area is 199 Å². The third-order valence-corrected chi connectivity index (χ3v) is 6.75. The first-order chi connectivity index (χ1) is 16.4. The highest BCUT2D eigenvalue weighted by atomic mass is 35.5. The number of carbonyl (C=O) groups excluding carboxylic acids is 1. The summed E-state index contributed by atoms with van der Waals surface area (Å²) in [6.07, 6.45) is 3.59. The van der Waals surface area contributed by atoms with E-state index in [-0.39, 0.29) is 41.2 Å². The fraction of sp³-hybridized carbons (Fsp3) is 0.455. The SMILES string of the molecule is NC(=O)C1CCC(n2c(Nc3cccc(Cl)c3F)nc3cnc(NC4COC[C@H]4O)nc32)CC1. The second-order valence-electron chi connectivity index (χ2n) is 8.70. The standard InChI is InChI=1S/C22H25ClFN7O3/c23-13-2-1-3-14(18(13)24)28-22-29-15-8-26-21(27-16-9-34-10-17(16)32)30-20(15)31(22)12-6-4-11(5-7-12)19(25)33/h1-3,8,11-12,16-17,32H,4-7,9-10H2,(H2,25,33)(H,28,29)(H,26,27,30)/t11?,12?,16?,17-/m1/s1. The molecule has 2 aliphatic rings. The smallest absolute Gasteiger partial charge is 0.225 e. The van der Waals surface area contributed by atoms with Crippen LogP contribution in [0.2, 0.25) is 5.02 Å². The lowest BCUT2D eigenvalue weighted by molar-refractivity contribution is -0.122. The molecule has 1 saturated heterocycles. The number of hydrogen-bond acceptors (Lipinski definition) is 8. The summed E-state index contributed by atoms with van der Waals surface area (Å²) in [6.45, 7) is 0.597. The van der Waals surface area contributed by atoms with Crippen molar-refractivity contribution in [2.45, 2.75) is 43.9 Å². The number of aliphatic hydroxyl groups is 1. The highest BCUT2D eigenvalue weighted by Gasteiger charge is 2.30. The Kier molecular flexibility index (Phi) is 6.24. The van der Waals surface area contributed by atoms with Gasteiger partial charge in [0, 0.05) is 12.0 Å². The van der Waals surface area contributed by atoms with E-state index in [2.05, 4.69) is 25.6 Å². The number of anilines is 3. The maximum absolute atomic E-state index is 14.6. The number of primary amides is 1. The van der Waals surface area contributed by atoms with Gasteiger partial charge in [-0.3, -0.25) is 9.36 Å². The summed E-state index contributed by atoms with van der Waals surface area (Å²) in [5, 5.41) is 16.2. The molecule has 0 radical (unpaired) electrons. The molecular formula is C22H25ClFN7O3. The fourth-order valence-corrected chi connectivity index (χ4v) is 4.76. The van der Waals surface area contributed by atoms with E-state index in [0.717, 1.165) is 0 Å². The Morgan fingerprint density at radius 1 is 1.24 bits per heavy atom. The van der Waals surface area contributed by atoms with Gasteiger partial charge in [0.2, 0.25) is 17.8 Å². The Hall–Kier alpha value is -3.02. The lowest BCUT2D eigenvalue weighted by atomic mass is 9.85. The molecule has 0 spiro atoms. The number of aliphatic hydroxyl groups excluding tert-OH is 1. The van der Waals surface area contributed by atoms with Crippen molar-refractivity contribution in [1.29, 1.82) is 0 Å². The van der Waals surface area contributed by atoms with Crippen LogP contribution in [0.15, 0.2) is 24.4 Å². The predicted molar refractivity (Wildman–Crippen MR) is 124 cm³/mol. The van der Waals surface area contributed by atoms with E-state index in [1.807, 2.05) is 4.57 Å². The number of nitrogens with two attached hydrogens (primary N) is 1. The Morgan fingerprint density at radius 2 is 2.03 bits per heavy atom. The number of carbonyl (C=O) groups is 1. The minimum Gasteiger partial charge on any atom is -0.388 e. The van der Waals surface area contributed by atoms with Gasteiger partial charge in [0.1, 0.15) is 5.52 Å². The van der Waals surface area contributed by atoms with Crippen molar-refractivity contribution in [3.05, 3.63) is 35.2 Å². The monoisotopic (exact) mass is 489 g/mol. The third-order valence-electron chi connectivity index (χ3n) is 6.46. The molecule has 1 saturated carbocycles. The minimum absolute atomic E-state index is 0.00162. The number of hydrogen-bond donors (Lipinski definition) is 4. The number of aromatic nitrogens is 4. The zero-order valence-electron chi connectivity index (χ0n) is 18.2. The molecule has 2 aromatic heterocycles. The van der Waals surface area contributed by atoms with Crippen LogP contribution in [0, 0.1) is 11.7 Å². The van der Waals surface area contributed by atoms with E-state index in [4.69, 9.17) is 22.1 Å². The van der Waals surface area contributed by atoms with Gasteiger partial charge in [-0.2, -0.15) is 4.98 Å². The van der Waals surface area contributed by atoms with Gasteiger partial charge in [-0.1, -0.05) is 17.7 Å². The largest absolute Gasteiger partial charge is 0.388 e. The summed E-state index contributed by atoms with van der Waals surface area (Å²) in [6, 6.07) is 4.34. The number of rotatable bonds is 6. The summed E-state index contributed by atoms with van der Waals surface area (Å²) in [7, 11) is 0. The average molecular weight is 490 g/mol. The van der Waals surface area contributed by atoms with Gasteiger partial charge < -0.3 is 26.2 Å². The molecule has 3 heterocycles. The maximum atomic E-state index is 14.6. The van der Waals surface area contributed by atoms with Crippen molar-refractivity contribution < 1.29 is 19.0 Å². The van der Waals surface area contributed by atoms with Gasteiger partial charge in [0.15, 0.2) is 11.5 Å². The van der Waals surface area contributed by atoms with Crippen molar-refractivity contribution in [3.8, 4) is 0 Å². The third kappa shape index (κ3) is 4.38. The quantitative estimate of drug-likeness (QED) is 0.414. The van der Waals surface area contributed by atoms with Gasteiger partial charge in [0.05, 0.1) is 42.3 Å². The first-order valence-corrected chi connectivity index (χ1v) is 11.6. The van der Waals surface area contributed by atoms with E-state index in [1.54, 1.807) is 18.3 Å². The van der Waals surface area contributed by atoms with Crippen LogP contribution in [0.4, 0.5) is 22.0 Å². The van der Waals surface area contributed by atoms with Crippen LogP contribution in [0.25, 0.3) is 11.2 Å². The Balaban J connectivity index is 1.52. The molecule has 5 N–H and O–H groups in total. The fourth-order valence-electron chi connectivity index (χ4n) is 4.58. The molecular weight excluding hydrogens is 465 g/mol. The highest BCUT2D eigenvalue weighted by molar-refractivity contribution is 6.31. The highest BCUT2D eigenvalue weighted by Crippen LogP contribution is 2.37. The topological polar surface area (TPSA) is 140 Å². The van der Waals surface area contributed by atoms with Crippen molar-refractivity contribution in [2.75, 3.05) is 23.8 Å². The molecule has 1 aliphatic carbocycles. The molecule has 5 rings (SSSR count). The van der Waals surface area contributed by atoms with E-state index in [0.29, 0.717) is 55.4 Å². The number of nitrogens with one attached hydrogen (secondary N) is 2. The summed E-state index contributed by atoms with van der Waals surface area (Å²) >= 11 is 5.96. The molecule has 1 unspecified atom stereocenters. The summed E-state index contributed by atoms with van der Waals surface area (Å²) in [5.41, 5.74) is 6.77. The lowest BCUT2D eigenvalue weighted by Crippen LogP contribution is -2.32. The van der Waals surface area contributed by atoms with Crippen molar-refractivity contribution in [3.63, 3.8) is 0 Å². The molecule has 34 heavy (non-hydrogen) atoms. The first-order valence-electron chi connectivity index (χ1n) is 11.2. The van der Waals surface area contributed by atoms with Gasteiger partial charge in [-0.05, 0) is 37.8 Å². The van der Waals surface area contributed by atoms with E-state index in [1.165, 1.54) is 6.07 Å². The minimum atomic E-state index is -0.656. The van der Waals surface area contributed by atoms with E-state index in [9.17, 15) is 14.3 Å². The average Bonchev–Trinajstić information content (AvgIpc) is 3.39. The molecule has 10 nitrogen and oxygen atoms in total. The van der Waals surface area contributed by atoms with Gasteiger partial charge in [-0.15, -0.1) is 0 Å². The van der Waals surface area contributed by atoms with Crippen molar-refractivity contribution in [2.24, 2.45) is 11.7 Å². The van der Waals surface area contributed by atoms with Gasteiger partial charge in [0.25, 0.3) is 0 Å². The molecule has 12 heteroatoms. The van der Waals surface area contributed by atoms with E-state index < -0.39 is 11.9 Å². The normalized spacial score (nSPS) is 24.9. The number of benzene rings is 1. The molecule has 180 valence electrons. The first kappa shape index (κ1) is 22.8. The van der Waals surface area contributed by atoms with Crippen LogP contribution in [-0.2, 0) is 9.53 Å². The lowest BCUT2D eigenvalue weighted by Gasteiger charge is -2.29. The van der Waals surface area contributed by atoms with E-state index >= 15 is 0 Å². The van der Waals surface area contributed by atoms with Crippen LogP contribution in [0.5, 0.6) is 0 Å². The zero-order chi connectivity index (χ0) is 23.8. The number of fused-ring (bicyclic) bond motifs is 1. The van der Waals surface area contributed by atoms with Crippen LogP contribution in [0.1, 0.15) is 31.7 Å². The van der Waals surface area contributed by atoms with Crippen molar-refractivity contribution in [1.82, 2.24) is 19.5 Å². The second kappa shape index (κ2) is 9.32.